The largest absolute Gasteiger partial charge is 0.508 e. The second-order valence-electron chi connectivity index (χ2n) is 2.78. The van der Waals surface area contributed by atoms with Crippen LogP contribution in [-0.4, -0.2) is 24.4 Å². The predicted octanol–water partition coefficient (Wildman–Crippen LogP) is 0.659. The van der Waals surface area contributed by atoms with E-state index in [2.05, 4.69) is 0 Å². The molecule has 1 rings (SSSR count). The van der Waals surface area contributed by atoms with Gasteiger partial charge in [-0.05, 0) is 6.07 Å². The van der Waals surface area contributed by atoms with Gasteiger partial charge < -0.3 is 9.90 Å². The smallest absolute Gasteiger partial charge is 0.279 e. The third-order valence-electron chi connectivity index (χ3n) is 1.74. The average Bonchev–Trinajstić information content (AvgIpc) is 2.07. The van der Waals surface area contributed by atoms with Gasteiger partial charge in [0.05, 0.1) is 0 Å². The first kappa shape index (κ1) is 11.6. The Morgan fingerprint density at radius 3 is 2.40 bits per heavy atom. The van der Waals surface area contributed by atoms with Crippen molar-refractivity contribution in [1.29, 1.82) is 0 Å². The van der Waals surface area contributed by atoms with Crippen molar-refractivity contribution in [3.05, 3.63) is 29.6 Å². The molecule has 7 heteroatoms. The molecule has 0 heterocycles. The van der Waals surface area contributed by atoms with Crippen LogP contribution in [0.5, 0.6) is 5.75 Å². The van der Waals surface area contributed by atoms with E-state index >= 15 is 0 Å². The SMILES string of the molecule is O=CC(c1ccc(O)cc1F)S(=O)(=O)O. The number of benzene rings is 1. The molecule has 15 heavy (non-hydrogen) atoms. The van der Waals surface area contributed by atoms with E-state index in [0.717, 1.165) is 12.1 Å². The van der Waals surface area contributed by atoms with E-state index in [4.69, 9.17) is 9.66 Å². The lowest BCUT2D eigenvalue weighted by Gasteiger charge is -2.08. The number of aldehydes is 1. The van der Waals surface area contributed by atoms with Gasteiger partial charge in [-0.1, -0.05) is 6.07 Å². The fraction of sp³-hybridized carbons (Fsp3) is 0.125. The Balaban J connectivity index is 3.32. The maximum atomic E-state index is 13.1. The first-order valence-electron chi connectivity index (χ1n) is 3.76. The predicted molar refractivity (Wildman–Crippen MR) is 48.4 cm³/mol. The van der Waals surface area contributed by atoms with E-state index in [1.54, 1.807) is 0 Å². The molecule has 0 aliphatic carbocycles. The third-order valence-corrected chi connectivity index (χ3v) is 2.74. The molecule has 0 aliphatic heterocycles. The van der Waals surface area contributed by atoms with Crippen LogP contribution in [0.2, 0.25) is 0 Å². The first-order chi connectivity index (χ1) is 6.86. The number of carbonyl (C=O) groups excluding carboxylic acids is 1. The van der Waals surface area contributed by atoms with Crippen LogP contribution < -0.4 is 0 Å². The Kier molecular flexibility index (Phi) is 3.06. The summed E-state index contributed by atoms with van der Waals surface area (Å²) in [4.78, 5) is 10.4. The molecule has 0 fully saturated rings. The van der Waals surface area contributed by atoms with Gasteiger partial charge in [-0.15, -0.1) is 0 Å². The summed E-state index contributed by atoms with van der Waals surface area (Å²) in [6.45, 7) is 0. The van der Waals surface area contributed by atoms with E-state index < -0.39 is 32.5 Å². The Labute approximate surface area is 84.9 Å². The van der Waals surface area contributed by atoms with Gasteiger partial charge in [-0.2, -0.15) is 8.42 Å². The number of hydrogen-bond donors (Lipinski definition) is 2. The second kappa shape index (κ2) is 3.95. The van der Waals surface area contributed by atoms with Crippen LogP contribution in [0.3, 0.4) is 0 Å². The molecule has 0 aromatic heterocycles. The number of rotatable bonds is 3. The molecule has 1 atom stereocenters. The van der Waals surface area contributed by atoms with E-state index in [0.29, 0.717) is 6.07 Å². The molecule has 1 aromatic carbocycles. The molecule has 0 saturated heterocycles. The summed E-state index contributed by atoms with van der Waals surface area (Å²) in [6, 6.07) is 2.58. The number of phenolic OH excluding ortho intramolecular Hbond substituents is 1. The van der Waals surface area contributed by atoms with Crippen molar-refractivity contribution >= 4 is 16.4 Å². The monoisotopic (exact) mass is 234 g/mol. The first-order valence-corrected chi connectivity index (χ1v) is 5.26. The number of carbonyl (C=O) groups is 1. The number of phenols is 1. The Morgan fingerprint density at radius 2 is 2.00 bits per heavy atom. The highest BCUT2D eigenvalue weighted by molar-refractivity contribution is 7.86. The van der Waals surface area contributed by atoms with Crippen LogP contribution in [0.25, 0.3) is 0 Å². The highest BCUT2D eigenvalue weighted by Crippen LogP contribution is 2.24. The van der Waals surface area contributed by atoms with Gasteiger partial charge >= 0.3 is 0 Å². The summed E-state index contributed by atoms with van der Waals surface area (Å²) in [5.74, 6) is -1.49. The Bertz CT molecular complexity index is 482. The van der Waals surface area contributed by atoms with E-state index in [1.807, 2.05) is 0 Å². The van der Waals surface area contributed by atoms with Crippen LogP contribution >= 0.6 is 0 Å². The number of aromatic hydroxyl groups is 1. The zero-order valence-electron chi connectivity index (χ0n) is 7.29. The molecule has 2 N–H and O–H groups in total. The molecular weight excluding hydrogens is 227 g/mol. The van der Waals surface area contributed by atoms with Crippen molar-refractivity contribution in [2.45, 2.75) is 5.25 Å². The molecule has 0 spiro atoms. The van der Waals surface area contributed by atoms with Gasteiger partial charge in [-0.25, -0.2) is 4.39 Å². The van der Waals surface area contributed by atoms with Crippen LogP contribution in [0.15, 0.2) is 18.2 Å². The minimum Gasteiger partial charge on any atom is -0.508 e. The lowest BCUT2D eigenvalue weighted by atomic mass is 10.1. The Morgan fingerprint density at radius 1 is 1.40 bits per heavy atom. The topological polar surface area (TPSA) is 91.7 Å². The zero-order valence-corrected chi connectivity index (χ0v) is 8.11. The van der Waals surface area contributed by atoms with Gasteiger partial charge in [0.1, 0.15) is 17.9 Å². The summed E-state index contributed by atoms with van der Waals surface area (Å²) >= 11 is 0. The summed E-state index contributed by atoms with van der Waals surface area (Å²) in [7, 11) is -4.69. The standard InChI is InChI=1S/C8H7FO5S/c9-7-3-5(11)1-2-6(7)8(4-10)15(12,13)14/h1-4,8,11H,(H,12,13,14). The highest BCUT2D eigenvalue weighted by Gasteiger charge is 2.27. The average molecular weight is 234 g/mol. The van der Waals surface area contributed by atoms with Crippen LogP contribution in [0, 0.1) is 5.82 Å². The van der Waals surface area contributed by atoms with Gasteiger partial charge in [0.25, 0.3) is 10.1 Å². The number of halogens is 1. The maximum absolute atomic E-state index is 13.1. The van der Waals surface area contributed by atoms with Crippen molar-refractivity contribution in [2.24, 2.45) is 0 Å². The molecule has 0 amide bonds. The van der Waals surface area contributed by atoms with Gasteiger partial charge in [0.15, 0.2) is 5.25 Å². The highest BCUT2D eigenvalue weighted by atomic mass is 32.2. The Hall–Kier alpha value is -1.47. The lowest BCUT2D eigenvalue weighted by Crippen LogP contribution is -2.14. The van der Waals surface area contributed by atoms with E-state index in [1.165, 1.54) is 0 Å². The van der Waals surface area contributed by atoms with Gasteiger partial charge in [0, 0.05) is 11.6 Å². The quantitative estimate of drug-likeness (QED) is 0.592. The molecule has 1 unspecified atom stereocenters. The zero-order chi connectivity index (χ0) is 11.6. The molecule has 0 aliphatic rings. The summed E-state index contributed by atoms with van der Waals surface area (Å²) in [5.41, 5.74) is -0.509. The van der Waals surface area contributed by atoms with Crippen molar-refractivity contribution in [1.82, 2.24) is 0 Å². The fourth-order valence-electron chi connectivity index (χ4n) is 1.05. The van der Waals surface area contributed by atoms with Crippen LogP contribution in [0.4, 0.5) is 4.39 Å². The summed E-state index contributed by atoms with van der Waals surface area (Å²) in [5, 5.41) is 6.88. The fourth-order valence-corrected chi connectivity index (χ4v) is 1.70. The molecule has 0 radical (unpaired) electrons. The molecular formula is C8H7FO5S. The normalized spacial score (nSPS) is 13.5. The molecule has 0 saturated carbocycles. The van der Waals surface area contributed by atoms with Crippen molar-refractivity contribution in [3.63, 3.8) is 0 Å². The molecule has 1 aromatic rings. The van der Waals surface area contributed by atoms with Crippen LogP contribution in [-0.2, 0) is 14.9 Å². The molecule has 5 nitrogen and oxygen atoms in total. The summed E-state index contributed by atoms with van der Waals surface area (Å²) in [6.07, 6.45) is -0.0925. The maximum Gasteiger partial charge on any atom is 0.279 e. The van der Waals surface area contributed by atoms with E-state index in [-0.39, 0.29) is 6.29 Å². The number of hydrogen-bond acceptors (Lipinski definition) is 4. The van der Waals surface area contributed by atoms with E-state index in [9.17, 15) is 17.6 Å². The van der Waals surface area contributed by atoms with Crippen molar-refractivity contribution < 1.29 is 27.3 Å². The summed E-state index contributed by atoms with van der Waals surface area (Å²) < 4.78 is 43.2. The second-order valence-corrected chi connectivity index (χ2v) is 4.32. The van der Waals surface area contributed by atoms with Crippen molar-refractivity contribution in [2.75, 3.05) is 0 Å². The minimum atomic E-state index is -4.69. The third kappa shape index (κ3) is 2.51. The molecule has 82 valence electrons. The molecule has 0 bridgehead atoms. The van der Waals surface area contributed by atoms with Crippen molar-refractivity contribution in [3.8, 4) is 5.75 Å². The minimum absolute atomic E-state index is 0.0925. The van der Waals surface area contributed by atoms with Gasteiger partial charge in [-0.3, -0.25) is 4.55 Å². The lowest BCUT2D eigenvalue weighted by molar-refractivity contribution is -0.107. The van der Waals surface area contributed by atoms with Gasteiger partial charge in [0.2, 0.25) is 0 Å². The van der Waals surface area contributed by atoms with Crippen LogP contribution in [0.1, 0.15) is 10.8 Å².